The van der Waals surface area contributed by atoms with Crippen molar-refractivity contribution < 1.29 is 0 Å². The molecule has 1 aliphatic heterocycles. The predicted molar refractivity (Wildman–Crippen MR) is 98.9 cm³/mol. The Morgan fingerprint density at radius 3 is 2.17 bits per heavy atom. The molecule has 0 unspecified atom stereocenters. The molecule has 23 heavy (non-hydrogen) atoms. The molecule has 0 aromatic heterocycles. The summed E-state index contributed by atoms with van der Waals surface area (Å²) in [4.78, 5) is 2.32. The Morgan fingerprint density at radius 2 is 1.61 bits per heavy atom. The van der Waals surface area contributed by atoms with Crippen molar-refractivity contribution in [3.63, 3.8) is 0 Å². The molecule has 1 fully saturated rings. The second-order valence-electron chi connectivity index (χ2n) is 7.31. The van der Waals surface area contributed by atoms with Gasteiger partial charge in [0.05, 0.1) is 0 Å². The maximum absolute atomic E-state index is 4.27. The summed E-state index contributed by atoms with van der Waals surface area (Å²) in [6.07, 6.45) is 3.33. The van der Waals surface area contributed by atoms with E-state index in [0.29, 0.717) is 5.41 Å². The van der Waals surface area contributed by atoms with E-state index < -0.39 is 0 Å². The Hall–Kier alpha value is -2.28. The standard InChI is InChI=1S/C22H25N/c1-17-10-12-20(13-11-17)21(19-8-6-5-7-9-19)15-23-16-22(3,4)14-18(23)2/h5-13,15H,2,14,16H2,1,3-4H3/b21-15+. The summed E-state index contributed by atoms with van der Waals surface area (Å²) in [6, 6.07) is 19.4. The first kappa shape index (κ1) is 15.6. The Kier molecular flexibility index (Phi) is 4.12. The molecule has 0 spiro atoms. The highest BCUT2D eigenvalue weighted by molar-refractivity contribution is 5.79. The summed E-state index contributed by atoms with van der Waals surface area (Å²) in [6.45, 7) is 12.0. The van der Waals surface area contributed by atoms with E-state index in [9.17, 15) is 0 Å². The Morgan fingerprint density at radius 1 is 1.00 bits per heavy atom. The van der Waals surface area contributed by atoms with Crippen molar-refractivity contribution in [2.45, 2.75) is 27.2 Å². The van der Waals surface area contributed by atoms with Crippen LogP contribution in [0.25, 0.3) is 5.57 Å². The maximum Gasteiger partial charge on any atom is 0.0277 e. The number of hydrogen-bond acceptors (Lipinski definition) is 1. The molecule has 3 rings (SSSR count). The number of benzene rings is 2. The van der Waals surface area contributed by atoms with E-state index in [1.807, 2.05) is 0 Å². The van der Waals surface area contributed by atoms with Crippen molar-refractivity contribution in [1.29, 1.82) is 0 Å². The topological polar surface area (TPSA) is 3.24 Å². The minimum absolute atomic E-state index is 0.294. The molecule has 1 nitrogen and oxygen atoms in total. The Balaban J connectivity index is 2.04. The first-order valence-electron chi connectivity index (χ1n) is 8.23. The maximum atomic E-state index is 4.27. The van der Waals surface area contributed by atoms with Crippen molar-refractivity contribution >= 4 is 5.57 Å². The van der Waals surface area contributed by atoms with Gasteiger partial charge in [-0.15, -0.1) is 0 Å². The van der Waals surface area contributed by atoms with Gasteiger partial charge in [0.15, 0.2) is 0 Å². The highest BCUT2D eigenvalue weighted by Gasteiger charge is 2.31. The fraction of sp³-hybridized carbons (Fsp3) is 0.273. The quantitative estimate of drug-likeness (QED) is 0.710. The molecule has 1 heterocycles. The van der Waals surface area contributed by atoms with Gasteiger partial charge in [-0.3, -0.25) is 0 Å². The molecule has 0 radical (unpaired) electrons. The van der Waals surface area contributed by atoms with Gasteiger partial charge in [-0.2, -0.15) is 0 Å². The second-order valence-corrected chi connectivity index (χ2v) is 7.31. The van der Waals surface area contributed by atoms with Gasteiger partial charge >= 0.3 is 0 Å². The van der Waals surface area contributed by atoms with E-state index in [4.69, 9.17) is 0 Å². The minimum Gasteiger partial charge on any atom is -0.351 e. The van der Waals surface area contributed by atoms with E-state index in [2.05, 4.69) is 93.0 Å². The third-order valence-electron chi connectivity index (χ3n) is 4.42. The van der Waals surface area contributed by atoms with Gasteiger partial charge in [0.2, 0.25) is 0 Å². The van der Waals surface area contributed by atoms with Crippen molar-refractivity contribution in [1.82, 2.24) is 4.90 Å². The van der Waals surface area contributed by atoms with Crippen LogP contribution in [0.4, 0.5) is 0 Å². The molecule has 1 heteroatoms. The largest absolute Gasteiger partial charge is 0.351 e. The zero-order valence-corrected chi connectivity index (χ0v) is 14.3. The van der Waals surface area contributed by atoms with Crippen molar-refractivity contribution in [2.24, 2.45) is 5.41 Å². The van der Waals surface area contributed by atoms with Crippen LogP contribution in [0, 0.1) is 12.3 Å². The smallest absolute Gasteiger partial charge is 0.0277 e. The number of rotatable bonds is 3. The molecule has 0 N–H and O–H groups in total. The van der Waals surface area contributed by atoms with E-state index in [1.165, 1.54) is 28.0 Å². The normalized spacial score (nSPS) is 17.6. The van der Waals surface area contributed by atoms with Gasteiger partial charge in [0, 0.05) is 24.0 Å². The SMILES string of the molecule is C=C1CC(C)(C)CN1/C=C(\c1ccccc1)c1ccc(C)cc1. The van der Waals surface area contributed by atoms with E-state index in [1.54, 1.807) is 0 Å². The monoisotopic (exact) mass is 303 g/mol. The average molecular weight is 303 g/mol. The predicted octanol–water partition coefficient (Wildman–Crippen LogP) is 5.63. The Bertz CT molecular complexity index is 720. The molecular formula is C22H25N. The third kappa shape index (κ3) is 3.56. The molecule has 0 amide bonds. The van der Waals surface area contributed by atoms with Crippen LogP contribution in [0.15, 0.2) is 73.1 Å². The first-order chi connectivity index (χ1) is 10.9. The molecule has 2 aromatic carbocycles. The lowest BCUT2D eigenvalue weighted by molar-refractivity contribution is 0.363. The van der Waals surface area contributed by atoms with Crippen LogP contribution < -0.4 is 0 Å². The molecule has 0 saturated carbocycles. The van der Waals surface area contributed by atoms with Crippen LogP contribution in [0.3, 0.4) is 0 Å². The molecule has 0 bridgehead atoms. The molecule has 2 aromatic rings. The molecule has 1 saturated heterocycles. The second kappa shape index (κ2) is 6.08. The summed E-state index contributed by atoms with van der Waals surface area (Å²) < 4.78 is 0. The van der Waals surface area contributed by atoms with Crippen molar-refractivity contribution in [3.05, 3.63) is 89.8 Å². The summed E-state index contributed by atoms with van der Waals surface area (Å²) >= 11 is 0. The van der Waals surface area contributed by atoms with Crippen LogP contribution in [0.2, 0.25) is 0 Å². The molecule has 0 atom stereocenters. The lowest BCUT2D eigenvalue weighted by Crippen LogP contribution is -2.18. The minimum atomic E-state index is 0.294. The summed E-state index contributed by atoms with van der Waals surface area (Å²) in [5.74, 6) is 0. The van der Waals surface area contributed by atoms with E-state index in [-0.39, 0.29) is 0 Å². The summed E-state index contributed by atoms with van der Waals surface area (Å²) in [5, 5.41) is 0. The van der Waals surface area contributed by atoms with Gasteiger partial charge in [-0.1, -0.05) is 80.6 Å². The third-order valence-corrected chi connectivity index (χ3v) is 4.42. The number of hydrogen-bond donors (Lipinski definition) is 0. The zero-order chi connectivity index (χ0) is 16.4. The fourth-order valence-electron chi connectivity index (χ4n) is 3.24. The van der Waals surface area contributed by atoms with E-state index >= 15 is 0 Å². The van der Waals surface area contributed by atoms with Gasteiger partial charge in [-0.05, 0) is 29.9 Å². The highest BCUT2D eigenvalue weighted by Crippen LogP contribution is 2.37. The first-order valence-corrected chi connectivity index (χ1v) is 8.23. The number of aryl methyl sites for hydroxylation is 1. The fourth-order valence-corrected chi connectivity index (χ4v) is 3.24. The highest BCUT2D eigenvalue weighted by atomic mass is 15.2. The zero-order valence-electron chi connectivity index (χ0n) is 14.3. The van der Waals surface area contributed by atoms with Crippen LogP contribution in [0.1, 0.15) is 37.0 Å². The molecule has 1 aliphatic rings. The lowest BCUT2D eigenvalue weighted by atomic mass is 9.92. The van der Waals surface area contributed by atoms with Gasteiger partial charge in [0.1, 0.15) is 0 Å². The van der Waals surface area contributed by atoms with Crippen molar-refractivity contribution in [3.8, 4) is 0 Å². The van der Waals surface area contributed by atoms with Crippen molar-refractivity contribution in [2.75, 3.05) is 6.54 Å². The molecule has 0 aliphatic carbocycles. The van der Waals surface area contributed by atoms with Gasteiger partial charge in [0.25, 0.3) is 0 Å². The average Bonchev–Trinajstić information content (AvgIpc) is 2.79. The lowest BCUT2D eigenvalue weighted by Gasteiger charge is -2.20. The number of allylic oxidation sites excluding steroid dienone is 1. The number of likely N-dealkylation sites (tertiary alicyclic amines) is 1. The van der Waals surface area contributed by atoms with Crippen LogP contribution in [-0.4, -0.2) is 11.4 Å². The van der Waals surface area contributed by atoms with Crippen LogP contribution >= 0.6 is 0 Å². The van der Waals surface area contributed by atoms with Crippen LogP contribution in [-0.2, 0) is 0 Å². The Labute approximate surface area is 140 Å². The van der Waals surface area contributed by atoms with E-state index in [0.717, 1.165) is 13.0 Å². The van der Waals surface area contributed by atoms with Gasteiger partial charge < -0.3 is 4.90 Å². The summed E-state index contributed by atoms with van der Waals surface area (Å²) in [5.41, 5.74) is 6.53. The van der Waals surface area contributed by atoms with Gasteiger partial charge in [-0.25, -0.2) is 0 Å². The number of nitrogens with zero attached hydrogens (tertiary/aromatic N) is 1. The molecule has 118 valence electrons. The van der Waals surface area contributed by atoms with Crippen LogP contribution in [0.5, 0.6) is 0 Å². The summed E-state index contributed by atoms with van der Waals surface area (Å²) in [7, 11) is 0. The molecular weight excluding hydrogens is 278 g/mol.